The van der Waals surface area contributed by atoms with Crippen LogP contribution in [-0.4, -0.2) is 221 Å². The standard InChI is InChI=1S/C54H88O22/c1-23-32(58)36(62)38(64)44(69-23)74-43-35(61)28(22-57)72-47(41(43)67)75-42-34(60)27(21-56)71-46(40(42)66)73-31-12-13-51(6)29(50(31,4)5)11-14-53(8)30(51)10-9-24-25-19-49(2,3)15-17-54(25,18-16-52(24,53)7)48(68)76-45-39(65)37(63)33(59)26(20-55)70-45/h9,23,25-47,55-67H,10-22H2,1-8H3. The SMILES string of the molecule is CC1OC(OC2C(O)C(CO)OC(OC3C(O)C(CO)OC(OC4CCC5(C)C(CCC6(C)C5CC=C5C7CC(C)(C)CCC7(C(=O)OC7OC(CO)C(O)C(O)C7O)CCC56C)C4(C)C)C3O)C2O)C(O)C(O)C1O. The highest BCUT2D eigenvalue weighted by Gasteiger charge is 2.70. The lowest BCUT2D eigenvalue weighted by molar-refractivity contribution is -0.384. The lowest BCUT2D eigenvalue weighted by Gasteiger charge is -2.71. The molecule has 9 aliphatic rings. The lowest BCUT2D eigenvalue weighted by Crippen LogP contribution is -2.67. The summed E-state index contributed by atoms with van der Waals surface area (Å²) in [5.41, 5.74) is -0.936. The zero-order valence-corrected chi connectivity index (χ0v) is 45.1. The highest BCUT2D eigenvalue weighted by molar-refractivity contribution is 5.79. The number of ether oxygens (including phenoxy) is 8. The number of hydrogen-bond acceptors (Lipinski definition) is 22. The van der Waals surface area contributed by atoms with Crippen LogP contribution in [0.5, 0.6) is 0 Å². The van der Waals surface area contributed by atoms with Crippen molar-refractivity contribution in [2.75, 3.05) is 19.8 Å². The van der Waals surface area contributed by atoms with Crippen LogP contribution in [0.4, 0.5) is 0 Å². The van der Waals surface area contributed by atoms with Crippen molar-refractivity contribution in [2.45, 2.75) is 249 Å². The van der Waals surface area contributed by atoms with Crippen molar-refractivity contribution in [2.24, 2.45) is 50.2 Å². The second-order valence-corrected chi connectivity index (χ2v) is 26.3. The summed E-state index contributed by atoms with van der Waals surface area (Å²) in [6.45, 7) is 15.2. The molecule has 8 fully saturated rings. The number of aliphatic hydroxyl groups excluding tert-OH is 13. The Bertz CT molecular complexity index is 2090. The first kappa shape index (κ1) is 59.0. The van der Waals surface area contributed by atoms with E-state index in [0.29, 0.717) is 25.7 Å². The Labute approximate surface area is 444 Å². The molecule has 0 amide bonds. The fraction of sp³-hybridized carbons (Fsp3) is 0.944. The van der Waals surface area contributed by atoms with Crippen molar-refractivity contribution in [3.63, 3.8) is 0 Å². The number of fused-ring (bicyclic) bond motifs is 7. The van der Waals surface area contributed by atoms with E-state index in [9.17, 15) is 71.2 Å². The van der Waals surface area contributed by atoms with E-state index in [1.165, 1.54) is 12.5 Å². The van der Waals surface area contributed by atoms with E-state index in [0.717, 1.165) is 38.5 Å². The average Bonchev–Trinajstić information content (AvgIpc) is 3.54. The van der Waals surface area contributed by atoms with Gasteiger partial charge in [-0.1, -0.05) is 60.1 Å². The molecule has 22 nitrogen and oxygen atoms in total. The van der Waals surface area contributed by atoms with E-state index >= 15 is 0 Å². The van der Waals surface area contributed by atoms with Crippen molar-refractivity contribution >= 4 is 5.97 Å². The van der Waals surface area contributed by atoms with Gasteiger partial charge in [0.25, 0.3) is 0 Å². The number of allylic oxidation sites excluding steroid dienone is 2. The van der Waals surface area contributed by atoms with Crippen LogP contribution in [0.25, 0.3) is 0 Å². The number of carbonyl (C=O) groups excluding carboxylic acids is 1. The maximum absolute atomic E-state index is 14.7. The lowest BCUT2D eigenvalue weighted by atomic mass is 9.33. The largest absolute Gasteiger partial charge is 0.432 e. The van der Waals surface area contributed by atoms with Gasteiger partial charge >= 0.3 is 5.97 Å². The minimum absolute atomic E-state index is 0.0834. The molecule has 28 atom stereocenters. The highest BCUT2D eigenvalue weighted by Crippen LogP contribution is 2.76. The summed E-state index contributed by atoms with van der Waals surface area (Å²) in [6, 6.07) is 0. The molecule has 13 N–H and O–H groups in total. The summed E-state index contributed by atoms with van der Waals surface area (Å²) in [7, 11) is 0. The van der Waals surface area contributed by atoms with E-state index in [4.69, 9.17) is 37.9 Å². The maximum Gasteiger partial charge on any atom is 0.315 e. The van der Waals surface area contributed by atoms with Gasteiger partial charge in [-0.05, 0) is 116 Å². The normalized spacial score (nSPS) is 54.0. The van der Waals surface area contributed by atoms with Gasteiger partial charge in [0.05, 0.1) is 37.4 Å². The van der Waals surface area contributed by atoms with Gasteiger partial charge in [0.1, 0.15) is 91.6 Å². The quantitative estimate of drug-likeness (QED) is 0.0670. The van der Waals surface area contributed by atoms with Crippen LogP contribution in [0.15, 0.2) is 11.6 Å². The van der Waals surface area contributed by atoms with E-state index in [1.54, 1.807) is 0 Å². The molecule has 22 heteroatoms. The molecular weight excluding hydrogens is 1000 g/mol. The van der Waals surface area contributed by atoms with Gasteiger partial charge in [-0.25, -0.2) is 0 Å². The highest BCUT2D eigenvalue weighted by atomic mass is 16.8. The fourth-order valence-corrected chi connectivity index (χ4v) is 16.5. The molecule has 4 saturated heterocycles. The second kappa shape index (κ2) is 21.3. The first-order valence-corrected chi connectivity index (χ1v) is 27.7. The molecule has 0 aromatic carbocycles. The Morgan fingerprint density at radius 2 is 1.07 bits per heavy atom. The van der Waals surface area contributed by atoms with Crippen LogP contribution in [0.2, 0.25) is 0 Å². The topological polar surface area (TPSA) is 354 Å². The number of carbonyl (C=O) groups is 1. The summed E-state index contributed by atoms with van der Waals surface area (Å²) in [6.07, 6.45) is -22.8. The van der Waals surface area contributed by atoms with Crippen LogP contribution in [0.3, 0.4) is 0 Å². The first-order valence-electron chi connectivity index (χ1n) is 27.7. The van der Waals surface area contributed by atoms with Crippen LogP contribution in [-0.2, 0) is 42.7 Å². The first-order chi connectivity index (χ1) is 35.5. The predicted molar refractivity (Wildman–Crippen MR) is 261 cm³/mol. The third kappa shape index (κ3) is 9.47. The molecule has 436 valence electrons. The average molecular weight is 1090 g/mol. The Kier molecular flexibility index (Phi) is 16.6. The fourth-order valence-electron chi connectivity index (χ4n) is 16.5. The summed E-state index contributed by atoms with van der Waals surface area (Å²) < 4.78 is 47.7. The Morgan fingerprint density at radius 3 is 1.66 bits per heavy atom. The van der Waals surface area contributed by atoms with Gasteiger partial charge in [0.2, 0.25) is 6.29 Å². The van der Waals surface area contributed by atoms with Gasteiger partial charge in [-0.2, -0.15) is 0 Å². The molecule has 4 aliphatic heterocycles. The molecule has 0 bridgehead atoms. The molecular formula is C54H88O22. The van der Waals surface area contributed by atoms with Crippen LogP contribution < -0.4 is 0 Å². The number of rotatable bonds is 11. The van der Waals surface area contributed by atoms with Gasteiger partial charge in [0, 0.05) is 0 Å². The molecule has 4 heterocycles. The zero-order valence-electron chi connectivity index (χ0n) is 45.1. The van der Waals surface area contributed by atoms with Gasteiger partial charge in [0.15, 0.2) is 18.9 Å². The molecule has 0 spiro atoms. The smallest absolute Gasteiger partial charge is 0.315 e. The van der Waals surface area contributed by atoms with Crippen molar-refractivity contribution in [3.05, 3.63) is 11.6 Å². The molecule has 9 rings (SSSR count). The zero-order chi connectivity index (χ0) is 55.6. The minimum atomic E-state index is -1.91. The number of esters is 1. The molecule has 4 saturated carbocycles. The van der Waals surface area contributed by atoms with Crippen molar-refractivity contribution in [3.8, 4) is 0 Å². The summed E-state index contributed by atoms with van der Waals surface area (Å²) >= 11 is 0. The second-order valence-electron chi connectivity index (χ2n) is 26.3. The van der Waals surface area contributed by atoms with Crippen LogP contribution >= 0.6 is 0 Å². The molecule has 0 aromatic heterocycles. The summed E-state index contributed by atoms with van der Waals surface area (Å²) in [4.78, 5) is 14.7. The van der Waals surface area contributed by atoms with Gasteiger partial charge in [-0.3, -0.25) is 4.79 Å². The molecule has 28 unspecified atom stereocenters. The van der Waals surface area contributed by atoms with E-state index in [2.05, 4.69) is 54.5 Å². The predicted octanol–water partition coefficient (Wildman–Crippen LogP) is -1.01. The van der Waals surface area contributed by atoms with Crippen LogP contribution in [0.1, 0.15) is 120 Å². The maximum atomic E-state index is 14.7. The Hall–Kier alpha value is -1.59. The number of aliphatic hydroxyl groups is 13. The molecule has 76 heavy (non-hydrogen) atoms. The van der Waals surface area contributed by atoms with Crippen molar-refractivity contribution in [1.29, 1.82) is 0 Å². The van der Waals surface area contributed by atoms with Gasteiger partial charge < -0.3 is 104 Å². The summed E-state index contributed by atoms with van der Waals surface area (Å²) in [5, 5.41) is 140. The van der Waals surface area contributed by atoms with E-state index in [1.807, 2.05) is 0 Å². The monoisotopic (exact) mass is 1090 g/mol. The van der Waals surface area contributed by atoms with E-state index in [-0.39, 0.29) is 39.4 Å². The molecule has 0 radical (unpaired) electrons. The Balaban J connectivity index is 0.919. The van der Waals surface area contributed by atoms with E-state index < -0.39 is 166 Å². The summed E-state index contributed by atoms with van der Waals surface area (Å²) in [5.74, 6) is -0.327. The van der Waals surface area contributed by atoms with Crippen molar-refractivity contribution in [1.82, 2.24) is 0 Å². The molecule has 0 aromatic rings. The third-order valence-corrected chi connectivity index (χ3v) is 21.4. The van der Waals surface area contributed by atoms with Crippen molar-refractivity contribution < 1.29 is 109 Å². The molecule has 5 aliphatic carbocycles. The minimum Gasteiger partial charge on any atom is -0.432 e. The number of hydrogen-bond donors (Lipinski definition) is 13. The van der Waals surface area contributed by atoms with Crippen LogP contribution in [0, 0.1) is 50.2 Å². The third-order valence-electron chi connectivity index (χ3n) is 21.4. The Morgan fingerprint density at radius 1 is 0.553 bits per heavy atom. The van der Waals surface area contributed by atoms with Gasteiger partial charge in [-0.15, -0.1) is 0 Å².